The quantitative estimate of drug-likeness (QED) is 0.779. The number of carbonyl (C=O) groups excluding carboxylic acids is 1. The van der Waals surface area contributed by atoms with E-state index in [-0.39, 0.29) is 18.4 Å². The number of methoxy groups -OCH3 is 3. The van der Waals surface area contributed by atoms with Gasteiger partial charge in [-0.1, -0.05) is 6.07 Å². The predicted molar refractivity (Wildman–Crippen MR) is 68.0 cm³/mol. The fourth-order valence-corrected chi connectivity index (χ4v) is 1.72. The average molecular weight is 253 g/mol. The van der Waals surface area contributed by atoms with Crippen molar-refractivity contribution in [1.82, 2.24) is 5.32 Å². The summed E-state index contributed by atoms with van der Waals surface area (Å²) in [5.74, 6) is 1.12. The van der Waals surface area contributed by atoms with Crippen LogP contribution in [0.1, 0.15) is 18.0 Å². The molecule has 0 saturated carbocycles. The van der Waals surface area contributed by atoms with Crippen LogP contribution in [0.4, 0.5) is 0 Å². The maximum atomic E-state index is 11.3. The maximum Gasteiger partial charge on any atom is 0.307 e. The fraction of sp³-hybridized carbons (Fsp3) is 0.462. The van der Waals surface area contributed by atoms with Gasteiger partial charge in [0.1, 0.15) is 11.5 Å². The highest BCUT2D eigenvalue weighted by atomic mass is 16.5. The van der Waals surface area contributed by atoms with Crippen LogP contribution in [0.15, 0.2) is 18.2 Å². The Bertz CT molecular complexity index is 406. The number of ether oxygens (including phenoxy) is 3. The SMILES string of the molecule is CNC(CC(=O)OC)c1ccc(OC)cc1OC. The first-order chi connectivity index (χ1) is 8.65. The zero-order valence-corrected chi connectivity index (χ0v) is 11.1. The normalized spacial score (nSPS) is 11.8. The van der Waals surface area contributed by atoms with E-state index in [1.165, 1.54) is 7.11 Å². The van der Waals surface area contributed by atoms with Crippen molar-refractivity contribution in [3.8, 4) is 11.5 Å². The van der Waals surface area contributed by atoms with E-state index >= 15 is 0 Å². The molecule has 0 radical (unpaired) electrons. The Morgan fingerprint density at radius 3 is 2.50 bits per heavy atom. The molecule has 0 saturated heterocycles. The van der Waals surface area contributed by atoms with Crippen LogP contribution in [-0.2, 0) is 9.53 Å². The highest BCUT2D eigenvalue weighted by molar-refractivity contribution is 5.70. The largest absolute Gasteiger partial charge is 0.497 e. The molecule has 1 unspecified atom stereocenters. The molecule has 0 aliphatic carbocycles. The highest BCUT2D eigenvalue weighted by Crippen LogP contribution is 2.30. The Balaban J connectivity index is 3.01. The summed E-state index contributed by atoms with van der Waals surface area (Å²) in [6.45, 7) is 0. The van der Waals surface area contributed by atoms with E-state index in [4.69, 9.17) is 9.47 Å². The second-order valence-corrected chi connectivity index (χ2v) is 3.73. The van der Waals surface area contributed by atoms with Gasteiger partial charge in [-0.2, -0.15) is 0 Å². The molecule has 5 heteroatoms. The molecule has 1 atom stereocenters. The monoisotopic (exact) mass is 253 g/mol. The average Bonchev–Trinajstić information content (AvgIpc) is 2.43. The van der Waals surface area contributed by atoms with E-state index in [1.807, 2.05) is 12.1 Å². The van der Waals surface area contributed by atoms with Crippen molar-refractivity contribution in [3.05, 3.63) is 23.8 Å². The van der Waals surface area contributed by atoms with E-state index < -0.39 is 0 Å². The summed E-state index contributed by atoms with van der Waals surface area (Å²) in [6.07, 6.45) is 0.246. The third-order valence-electron chi connectivity index (χ3n) is 2.76. The summed E-state index contributed by atoms with van der Waals surface area (Å²) in [5, 5.41) is 3.07. The summed E-state index contributed by atoms with van der Waals surface area (Å²) < 4.78 is 15.1. The first kappa shape index (κ1) is 14.3. The summed E-state index contributed by atoms with van der Waals surface area (Å²) in [5.41, 5.74) is 0.895. The van der Waals surface area contributed by atoms with E-state index in [0.717, 1.165) is 5.56 Å². The lowest BCUT2D eigenvalue weighted by Gasteiger charge is -2.18. The van der Waals surface area contributed by atoms with Gasteiger partial charge in [0, 0.05) is 17.7 Å². The van der Waals surface area contributed by atoms with E-state index in [0.29, 0.717) is 11.5 Å². The van der Waals surface area contributed by atoms with Gasteiger partial charge in [0.25, 0.3) is 0 Å². The predicted octanol–water partition coefficient (Wildman–Crippen LogP) is 1.53. The zero-order chi connectivity index (χ0) is 13.5. The second kappa shape index (κ2) is 6.86. The van der Waals surface area contributed by atoms with Gasteiger partial charge in [-0.15, -0.1) is 0 Å². The molecular weight excluding hydrogens is 234 g/mol. The Morgan fingerprint density at radius 2 is 2.00 bits per heavy atom. The molecule has 1 N–H and O–H groups in total. The van der Waals surface area contributed by atoms with Crippen LogP contribution in [0, 0.1) is 0 Å². The first-order valence-electron chi connectivity index (χ1n) is 5.62. The van der Waals surface area contributed by atoms with Crippen molar-refractivity contribution in [3.63, 3.8) is 0 Å². The molecule has 1 aromatic rings. The minimum absolute atomic E-state index is 0.154. The van der Waals surface area contributed by atoms with Gasteiger partial charge in [0.15, 0.2) is 0 Å². The number of nitrogens with one attached hydrogen (secondary N) is 1. The lowest BCUT2D eigenvalue weighted by Crippen LogP contribution is -2.21. The molecule has 0 heterocycles. The molecule has 1 rings (SSSR count). The third-order valence-corrected chi connectivity index (χ3v) is 2.76. The van der Waals surface area contributed by atoms with Crippen molar-refractivity contribution in [2.45, 2.75) is 12.5 Å². The van der Waals surface area contributed by atoms with Crippen molar-refractivity contribution < 1.29 is 19.0 Å². The number of carbonyl (C=O) groups is 1. The topological polar surface area (TPSA) is 56.8 Å². The summed E-state index contributed by atoms with van der Waals surface area (Å²) >= 11 is 0. The molecule has 18 heavy (non-hydrogen) atoms. The zero-order valence-electron chi connectivity index (χ0n) is 11.1. The first-order valence-corrected chi connectivity index (χ1v) is 5.62. The molecule has 1 aromatic carbocycles. The summed E-state index contributed by atoms with van der Waals surface area (Å²) in [6, 6.07) is 5.34. The number of esters is 1. The molecule has 100 valence electrons. The van der Waals surface area contributed by atoms with E-state index in [1.54, 1.807) is 27.3 Å². The van der Waals surface area contributed by atoms with Crippen molar-refractivity contribution >= 4 is 5.97 Å². The molecule has 0 spiro atoms. The van der Waals surface area contributed by atoms with Gasteiger partial charge in [-0.25, -0.2) is 0 Å². The lowest BCUT2D eigenvalue weighted by molar-refractivity contribution is -0.141. The molecule has 0 amide bonds. The standard InChI is InChI=1S/C13H19NO4/c1-14-11(8-13(15)18-4)10-6-5-9(16-2)7-12(10)17-3/h5-7,11,14H,8H2,1-4H3. The summed E-state index contributed by atoms with van der Waals surface area (Å²) in [7, 11) is 6.35. The number of rotatable bonds is 6. The van der Waals surface area contributed by atoms with Crippen molar-refractivity contribution in [2.24, 2.45) is 0 Å². The highest BCUT2D eigenvalue weighted by Gasteiger charge is 2.18. The molecule has 0 aliphatic rings. The molecule has 5 nitrogen and oxygen atoms in total. The summed E-state index contributed by atoms with van der Waals surface area (Å²) in [4.78, 5) is 11.3. The fourth-order valence-electron chi connectivity index (χ4n) is 1.72. The molecular formula is C13H19NO4. The third kappa shape index (κ3) is 3.37. The van der Waals surface area contributed by atoms with Gasteiger partial charge < -0.3 is 19.5 Å². The van der Waals surface area contributed by atoms with Crippen molar-refractivity contribution in [1.29, 1.82) is 0 Å². The smallest absolute Gasteiger partial charge is 0.307 e. The second-order valence-electron chi connectivity index (χ2n) is 3.73. The van der Waals surface area contributed by atoms with E-state index in [2.05, 4.69) is 10.1 Å². The van der Waals surface area contributed by atoms with Crippen LogP contribution in [0.2, 0.25) is 0 Å². The minimum atomic E-state index is -0.271. The number of hydrogen-bond donors (Lipinski definition) is 1. The van der Waals surface area contributed by atoms with E-state index in [9.17, 15) is 4.79 Å². The van der Waals surface area contributed by atoms with Crippen LogP contribution in [-0.4, -0.2) is 34.3 Å². The lowest BCUT2D eigenvalue weighted by atomic mass is 10.0. The van der Waals surface area contributed by atoms with Crippen LogP contribution < -0.4 is 14.8 Å². The molecule has 0 fully saturated rings. The van der Waals surface area contributed by atoms with Crippen LogP contribution in [0.3, 0.4) is 0 Å². The van der Waals surface area contributed by atoms with Crippen LogP contribution >= 0.6 is 0 Å². The Hall–Kier alpha value is -1.75. The van der Waals surface area contributed by atoms with Gasteiger partial charge in [0.05, 0.1) is 27.8 Å². The van der Waals surface area contributed by atoms with Gasteiger partial charge in [-0.3, -0.25) is 4.79 Å². The Kier molecular flexibility index (Phi) is 5.45. The number of benzene rings is 1. The molecule has 0 bridgehead atoms. The Morgan fingerprint density at radius 1 is 1.28 bits per heavy atom. The van der Waals surface area contributed by atoms with Crippen LogP contribution in [0.25, 0.3) is 0 Å². The van der Waals surface area contributed by atoms with Crippen LogP contribution in [0.5, 0.6) is 11.5 Å². The molecule has 0 aromatic heterocycles. The van der Waals surface area contributed by atoms with Crippen molar-refractivity contribution in [2.75, 3.05) is 28.4 Å². The van der Waals surface area contributed by atoms with Gasteiger partial charge in [-0.05, 0) is 13.1 Å². The van der Waals surface area contributed by atoms with Gasteiger partial charge in [0.2, 0.25) is 0 Å². The minimum Gasteiger partial charge on any atom is -0.497 e. The Labute approximate surface area is 107 Å². The number of hydrogen-bond acceptors (Lipinski definition) is 5. The maximum absolute atomic E-state index is 11.3. The molecule has 0 aliphatic heterocycles. The van der Waals surface area contributed by atoms with Gasteiger partial charge >= 0.3 is 5.97 Å².